The van der Waals surface area contributed by atoms with Crippen LogP contribution < -0.4 is 10.1 Å². The monoisotopic (exact) mass is 371 g/mol. The molecule has 1 saturated carbocycles. The van der Waals surface area contributed by atoms with Gasteiger partial charge in [-0.2, -0.15) is 5.10 Å². The zero-order valence-electron chi connectivity index (χ0n) is 16.4. The fourth-order valence-electron chi connectivity index (χ4n) is 3.89. The molecule has 1 heterocycles. The van der Waals surface area contributed by atoms with E-state index < -0.39 is 0 Å². The van der Waals surface area contributed by atoms with Crippen molar-refractivity contribution in [2.24, 2.45) is 16.9 Å². The van der Waals surface area contributed by atoms with Crippen molar-refractivity contribution in [3.05, 3.63) is 29.8 Å². The minimum absolute atomic E-state index is 0.0178. The average Bonchev–Trinajstić information content (AvgIpc) is 2.67. The van der Waals surface area contributed by atoms with Crippen LogP contribution in [0, 0.1) is 11.8 Å². The Morgan fingerprint density at radius 1 is 1.22 bits per heavy atom. The van der Waals surface area contributed by atoms with Crippen LogP contribution in [0.15, 0.2) is 29.4 Å². The number of amides is 2. The second kappa shape index (κ2) is 8.55. The number of ether oxygens (including phenoxy) is 1. The maximum absolute atomic E-state index is 12.5. The Balaban J connectivity index is 1.65. The third-order valence-corrected chi connectivity index (χ3v) is 5.87. The van der Waals surface area contributed by atoms with Crippen LogP contribution in [0.3, 0.4) is 0 Å². The van der Waals surface area contributed by atoms with Gasteiger partial charge in [-0.1, -0.05) is 26.7 Å². The van der Waals surface area contributed by atoms with E-state index in [2.05, 4.69) is 24.3 Å². The number of carbonyl (C=O) groups is 2. The Morgan fingerprint density at radius 2 is 1.96 bits per heavy atom. The predicted molar refractivity (Wildman–Crippen MR) is 105 cm³/mol. The van der Waals surface area contributed by atoms with Crippen LogP contribution in [-0.4, -0.2) is 42.2 Å². The van der Waals surface area contributed by atoms with Crippen LogP contribution in [0.2, 0.25) is 0 Å². The molecule has 0 saturated heterocycles. The van der Waals surface area contributed by atoms with E-state index in [1.807, 2.05) is 24.3 Å². The summed E-state index contributed by atoms with van der Waals surface area (Å²) in [7, 11) is 1.63. The predicted octanol–water partition coefficient (Wildman–Crippen LogP) is 2.96. The summed E-state index contributed by atoms with van der Waals surface area (Å²) >= 11 is 0. The molecular formula is C21H29N3O3. The smallest absolute Gasteiger partial charge is 0.243 e. The van der Waals surface area contributed by atoms with Gasteiger partial charge in [0.1, 0.15) is 12.3 Å². The van der Waals surface area contributed by atoms with Gasteiger partial charge in [0.15, 0.2) is 0 Å². The van der Waals surface area contributed by atoms with Gasteiger partial charge in [0.25, 0.3) is 0 Å². The molecule has 0 spiro atoms. The number of nitrogens with zero attached hydrogens (tertiary/aromatic N) is 2. The summed E-state index contributed by atoms with van der Waals surface area (Å²) in [5.74, 6) is 1.61. The van der Waals surface area contributed by atoms with Crippen LogP contribution in [0.5, 0.6) is 5.75 Å². The number of rotatable bonds is 5. The lowest BCUT2D eigenvalue weighted by atomic mass is 9.78. The van der Waals surface area contributed by atoms with Crippen molar-refractivity contribution in [2.75, 3.05) is 13.7 Å². The van der Waals surface area contributed by atoms with Crippen LogP contribution in [-0.2, 0) is 9.59 Å². The van der Waals surface area contributed by atoms with E-state index in [9.17, 15) is 9.59 Å². The molecule has 2 amide bonds. The number of hydrogen-bond donors (Lipinski definition) is 1. The largest absolute Gasteiger partial charge is 0.497 e. The molecular weight excluding hydrogens is 342 g/mol. The zero-order valence-corrected chi connectivity index (χ0v) is 16.4. The summed E-state index contributed by atoms with van der Waals surface area (Å²) in [6, 6.07) is 7.79. The molecule has 1 N–H and O–H groups in total. The summed E-state index contributed by atoms with van der Waals surface area (Å²) in [4.78, 5) is 24.7. The Morgan fingerprint density at radius 3 is 2.67 bits per heavy atom. The van der Waals surface area contributed by atoms with Gasteiger partial charge in [0.2, 0.25) is 11.8 Å². The van der Waals surface area contributed by atoms with E-state index in [4.69, 9.17) is 4.74 Å². The average molecular weight is 371 g/mol. The first kappa shape index (κ1) is 19.4. The highest BCUT2D eigenvalue weighted by molar-refractivity contribution is 6.04. The molecule has 3 rings (SSSR count). The SMILES string of the molecule is COc1ccc(C2=NN(CC(=O)N[C@@H]3CCC[C@@H](C)[C@H]3C)C(=O)CC2)cc1. The summed E-state index contributed by atoms with van der Waals surface area (Å²) in [6.07, 6.45) is 4.31. The Labute approximate surface area is 161 Å². The molecule has 0 bridgehead atoms. The second-order valence-electron chi connectivity index (χ2n) is 7.67. The molecule has 6 nitrogen and oxygen atoms in total. The number of carbonyl (C=O) groups excluding carboxylic acids is 2. The third-order valence-electron chi connectivity index (χ3n) is 5.87. The van der Waals surface area contributed by atoms with E-state index in [0.29, 0.717) is 24.7 Å². The fourth-order valence-corrected chi connectivity index (χ4v) is 3.89. The molecule has 1 aliphatic carbocycles. The van der Waals surface area contributed by atoms with Gasteiger partial charge in [0, 0.05) is 18.9 Å². The minimum atomic E-state index is -0.131. The molecule has 2 aliphatic rings. The standard InChI is InChI=1S/C21H29N3O3/c1-14-5-4-6-18(15(14)2)22-20(25)13-24-21(26)12-11-19(23-24)16-7-9-17(27-3)10-8-16/h7-10,14-15,18H,4-6,11-13H2,1-3H3,(H,22,25)/t14-,15-,18-/m1/s1. The lowest BCUT2D eigenvalue weighted by Crippen LogP contribution is -2.48. The summed E-state index contributed by atoms with van der Waals surface area (Å²) in [5, 5.41) is 8.89. The molecule has 27 heavy (non-hydrogen) atoms. The van der Waals surface area contributed by atoms with Gasteiger partial charge >= 0.3 is 0 Å². The Bertz CT molecular complexity index is 714. The van der Waals surface area contributed by atoms with Gasteiger partial charge in [-0.15, -0.1) is 0 Å². The highest BCUT2D eigenvalue weighted by Gasteiger charge is 2.29. The highest BCUT2D eigenvalue weighted by atomic mass is 16.5. The van der Waals surface area contributed by atoms with E-state index in [-0.39, 0.29) is 24.4 Å². The molecule has 3 atom stereocenters. The maximum Gasteiger partial charge on any atom is 0.243 e. The topological polar surface area (TPSA) is 71.0 Å². The van der Waals surface area contributed by atoms with Gasteiger partial charge in [0.05, 0.1) is 12.8 Å². The minimum Gasteiger partial charge on any atom is -0.497 e. The first-order valence-electron chi connectivity index (χ1n) is 9.79. The quantitative estimate of drug-likeness (QED) is 0.865. The van der Waals surface area contributed by atoms with Crippen LogP contribution in [0.25, 0.3) is 0 Å². The van der Waals surface area contributed by atoms with Gasteiger partial charge < -0.3 is 10.1 Å². The van der Waals surface area contributed by atoms with Gasteiger partial charge in [-0.25, -0.2) is 5.01 Å². The van der Waals surface area contributed by atoms with E-state index in [1.54, 1.807) is 7.11 Å². The van der Waals surface area contributed by atoms with Crippen molar-refractivity contribution in [3.63, 3.8) is 0 Å². The molecule has 1 aromatic carbocycles. The Kier molecular flexibility index (Phi) is 6.14. The van der Waals surface area contributed by atoms with Crippen LogP contribution in [0.4, 0.5) is 0 Å². The molecule has 146 valence electrons. The summed E-state index contributed by atoms with van der Waals surface area (Å²) in [6.45, 7) is 4.42. The molecule has 6 heteroatoms. The third kappa shape index (κ3) is 4.67. The second-order valence-corrected chi connectivity index (χ2v) is 7.67. The number of benzene rings is 1. The highest BCUT2D eigenvalue weighted by Crippen LogP contribution is 2.29. The molecule has 1 aliphatic heterocycles. The number of hydrogen-bond acceptors (Lipinski definition) is 4. The molecule has 0 aromatic heterocycles. The molecule has 1 fully saturated rings. The maximum atomic E-state index is 12.5. The first-order valence-corrected chi connectivity index (χ1v) is 9.79. The number of methoxy groups -OCH3 is 1. The van der Waals surface area contributed by atoms with Crippen molar-refractivity contribution >= 4 is 17.5 Å². The molecule has 0 radical (unpaired) electrons. The number of nitrogens with one attached hydrogen (secondary N) is 1. The van der Waals surface area contributed by atoms with Crippen LogP contribution >= 0.6 is 0 Å². The van der Waals surface area contributed by atoms with Crippen molar-refractivity contribution < 1.29 is 14.3 Å². The first-order chi connectivity index (χ1) is 13.0. The van der Waals surface area contributed by atoms with Crippen molar-refractivity contribution in [3.8, 4) is 5.75 Å². The van der Waals surface area contributed by atoms with E-state index in [0.717, 1.165) is 29.9 Å². The van der Waals surface area contributed by atoms with Crippen LogP contribution in [0.1, 0.15) is 51.5 Å². The Hall–Kier alpha value is -2.37. The van der Waals surface area contributed by atoms with Crippen molar-refractivity contribution in [1.29, 1.82) is 0 Å². The summed E-state index contributed by atoms with van der Waals surface area (Å²) < 4.78 is 5.18. The van der Waals surface area contributed by atoms with Crippen molar-refractivity contribution in [1.82, 2.24) is 10.3 Å². The number of hydrazone groups is 1. The fraction of sp³-hybridized carbons (Fsp3) is 0.571. The molecule has 0 unspecified atom stereocenters. The van der Waals surface area contributed by atoms with E-state index in [1.165, 1.54) is 11.4 Å². The zero-order chi connectivity index (χ0) is 19.4. The van der Waals surface area contributed by atoms with E-state index >= 15 is 0 Å². The lowest BCUT2D eigenvalue weighted by molar-refractivity contribution is -0.137. The van der Waals surface area contributed by atoms with Gasteiger partial charge in [-0.05, 0) is 48.1 Å². The molecule has 1 aromatic rings. The van der Waals surface area contributed by atoms with Crippen molar-refractivity contribution in [2.45, 2.75) is 52.0 Å². The summed E-state index contributed by atoms with van der Waals surface area (Å²) in [5.41, 5.74) is 1.77. The normalized spacial score (nSPS) is 25.7. The lowest BCUT2D eigenvalue weighted by Gasteiger charge is -2.35. The van der Waals surface area contributed by atoms with Gasteiger partial charge in [-0.3, -0.25) is 9.59 Å².